The van der Waals surface area contributed by atoms with E-state index < -0.39 is 0 Å². The highest BCUT2D eigenvalue weighted by Gasteiger charge is 2.22. The zero-order chi connectivity index (χ0) is 18.0. The summed E-state index contributed by atoms with van der Waals surface area (Å²) >= 11 is 0. The molecule has 138 valence electrons. The number of hydrogen-bond donors (Lipinski definition) is 1. The van der Waals surface area contributed by atoms with Gasteiger partial charge in [0.2, 0.25) is 0 Å². The van der Waals surface area contributed by atoms with Crippen LogP contribution >= 0.6 is 0 Å². The van der Waals surface area contributed by atoms with E-state index in [1.807, 2.05) is 0 Å². The van der Waals surface area contributed by atoms with Crippen molar-refractivity contribution in [1.82, 2.24) is 0 Å². The van der Waals surface area contributed by atoms with Gasteiger partial charge < -0.3 is 9.64 Å². The van der Waals surface area contributed by atoms with Crippen molar-refractivity contribution >= 4 is 5.97 Å². The van der Waals surface area contributed by atoms with Crippen LogP contribution in [0.3, 0.4) is 0 Å². The van der Waals surface area contributed by atoms with E-state index in [2.05, 4.69) is 46.8 Å². The molecule has 0 aromatic heterocycles. The fraction of sp³-hybridized carbons (Fsp3) is 0.762. The lowest BCUT2D eigenvalue weighted by Gasteiger charge is -2.25. The van der Waals surface area contributed by atoms with E-state index in [1.54, 1.807) is 0 Å². The van der Waals surface area contributed by atoms with Crippen molar-refractivity contribution in [2.45, 2.75) is 73.1 Å². The molecule has 0 unspecified atom stereocenters. The van der Waals surface area contributed by atoms with E-state index in [0.717, 1.165) is 32.4 Å². The maximum Gasteiger partial charge on any atom is 0.361 e. The third-order valence-corrected chi connectivity index (χ3v) is 4.67. The van der Waals surface area contributed by atoms with Gasteiger partial charge in [0, 0.05) is 5.41 Å². The molecule has 0 amide bonds. The molecule has 1 aliphatic heterocycles. The minimum atomic E-state index is -0.0377. The van der Waals surface area contributed by atoms with E-state index in [0.29, 0.717) is 13.2 Å². The number of hydrogen-bond acceptors (Lipinski definition) is 2. The third kappa shape index (κ3) is 9.92. The number of likely N-dealkylation sites (tertiary alicyclic amines) is 1. The van der Waals surface area contributed by atoms with Crippen molar-refractivity contribution in [3.8, 4) is 0 Å². The van der Waals surface area contributed by atoms with Crippen LogP contribution in [0.15, 0.2) is 23.3 Å². The van der Waals surface area contributed by atoms with Gasteiger partial charge in [-0.1, -0.05) is 37.1 Å². The minimum absolute atomic E-state index is 0.00463. The van der Waals surface area contributed by atoms with Crippen molar-refractivity contribution in [3.63, 3.8) is 0 Å². The highest BCUT2D eigenvalue weighted by molar-refractivity contribution is 5.70. The van der Waals surface area contributed by atoms with Crippen LogP contribution in [0, 0.1) is 5.41 Å². The summed E-state index contributed by atoms with van der Waals surface area (Å²) in [5.41, 5.74) is 2.81. The van der Waals surface area contributed by atoms with Gasteiger partial charge in [-0.2, -0.15) is 0 Å². The number of nitrogens with one attached hydrogen (secondary N) is 1. The Kier molecular flexibility index (Phi) is 9.35. The molecule has 1 heterocycles. The summed E-state index contributed by atoms with van der Waals surface area (Å²) in [4.78, 5) is 13.4. The second kappa shape index (κ2) is 10.7. The Morgan fingerprint density at radius 1 is 1.08 bits per heavy atom. The Bertz CT molecular complexity index is 439. The first-order valence-electron chi connectivity index (χ1n) is 9.57. The van der Waals surface area contributed by atoms with Gasteiger partial charge in [0.25, 0.3) is 0 Å². The standard InChI is InChI=1S/C21H37NO2/c1-18(2)10-9-11-19(3)12-13-21(4,5)17-24-20(23)16-22-14-7-6-8-15-22/h10,12H,6-9,11,13-17H2,1-5H3/p+1/b19-12+. The molecular weight excluding hydrogens is 298 g/mol. The quantitative estimate of drug-likeness (QED) is 0.514. The fourth-order valence-electron chi connectivity index (χ4n) is 2.96. The average Bonchev–Trinajstić information content (AvgIpc) is 2.52. The van der Waals surface area contributed by atoms with E-state index in [-0.39, 0.29) is 11.4 Å². The Hall–Kier alpha value is -1.09. The van der Waals surface area contributed by atoms with Gasteiger partial charge in [0.15, 0.2) is 6.54 Å². The summed E-state index contributed by atoms with van der Waals surface area (Å²) in [6.07, 6.45) is 11.6. The number of quaternary nitrogens is 1. The molecule has 1 aliphatic rings. The zero-order valence-electron chi connectivity index (χ0n) is 16.5. The van der Waals surface area contributed by atoms with E-state index in [9.17, 15) is 4.79 Å². The van der Waals surface area contributed by atoms with Crippen LogP contribution in [0.1, 0.15) is 73.1 Å². The lowest BCUT2D eigenvalue weighted by molar-refractivity contribution is -0.897. The fourth-order valence-corrected chi connectivity index (χ4v) is 2.96. The molecule has 0 saturated carbocycles. The highest BCUT2D eigenvalue weighted by Crippen LogP contribution is 2.23. The largest absolute Gasteiger partial charge is 0.461 e. The summed E-state index contributed by atoms with van der Waals surface area (Å²) < 4.78 is 5.56. The van der Waals surface area contributed by atoms with E-state index in [4.69, 9.17) is 4.74 Å². The molecule has 0 aromatic rings. The van der Waals surface area contributed by atoms with E-state index in [1.165, 1.54) is 35.3 Å². The van der Waals surface area contributed by atoms with Crippen molar-refractivity contribution in [2.75, 3.05) is 26.2 Å². The molecule has 1 saturated heterocycles. The second-order valence-electron chi connectivity index (χ2n) is 8.39. The molecule has 1 rings (SSSR count). The zero-order valence-corrected chi connectivity index (χ0v) is 16.5. The lowest BCUT2D eigenvalue weighted by Crippen LogP contribution is -3.13. The number of carbonyl (C=O) groups excluding carboxylic acids is 1. The maximum atomic E-state index is 12.0. The highest BCUT2D eigenvalue weighted by atomic mass is 16.5. The summed E-state index contributed by atoms with van der Waals surface area (Å²) in [6.45, 7) is 14.1. The van der Waals surface area contributed by atoms with Crippen molar-refractivity contribution in [1.29, 1.82) is 0 Å². The summed E-state index contributed by atoms with van der Waals surface area (Å²) in [5, 5.41) is 0. The molecule has 0 radical (unpaired) electrons. The first kappa shape index (κ1) is 21.0. The normalized spacial score (nSPS) is 16.8. The molecule has 1 N–H and O–H groups in total. The van der Waals surface area contributed by atoms with Crippen LogP contribution in [0.2, 0.25) is 0 Å². The minimum Gasteiger partial charge on any atom is -0.461 e. The van der Waals surface area contributed by atoms with E-state index >= 15 is 0 Å². The van der Waals surface area contributed by atoms with Crippen molar-refractivity contribution < 1.29 is 14.4 Å². The van der Waals surface area contributed by atoms with Gasteiger partial charge in [-0.25, -0.2) is 4.79 Å². The Labute approximate surface area is 149 Å². The number of rotatable bonds is 9. The maximum absolute atomic E-state index is 12.0. The molecule has 0 bridgehead atoms. The van der Waals surface area contributed by atoms with Gasteiger partial charge >= 0.3 is 5.97 Å². The van der Waals surface area contributed by atoms with Crippen LogP contribution in [-0.2, 0) is 9.53 Å². The number of allylic oxidation sites excluding steroid dienone is 4. The van der Waals surface area contributed by atoms with Crippen LogP contribution in [0.25, 0.3) is 0 Å². The molecule has 1 fully saturated rings. The van der Waals surface area contributed by atoms with Gasteiger partial charge in [0.05, 0.1) is 19.7 Å². The lowest BCUT2D eigenvalue weighted by atomic mass is 9.89. The molecule has 0 atom stereocenters. The number of piperidine rings is 1. The number of esters is 1. The molecule has 3 heteroatoms. The Morgan fingerprint density at radius 2 is 1.75 bits per heavy atom. The number of ether oxygens (including phenoxy) is 1. The molecule has 0 aromatic carbocycles. The smallest absolute Gasteiger partial charge is 0.361 e. The molecule has 24 heavy (non-hydrogen) atoms. The first-order valence-corrected chi connectivity index (χ1v) is 9.57. The van der Waals surface area contributed by atoms with Crippen LogP contribution in [-0.4, -0.2) is 32.2 Å². The molecule has 0 spiro atoms. The second-order valence-corrected chi connectivity index (χ2v) is 8.39. The van der Waals surface area contributed by atoms with Crippen LogP contribution < -0.4 is 4.90 Å². The summed E-state index contributed by atoms with van der Waals surface area (Å²) in [6, 6.07) is 0. The average molecular weight is 337 g/mol. The molecular formula is C21H38NO2+. The van der Waals surface area contributed by atoms with Crippen molar-refractivity contribution in [3.05, 3.63) is 23.3 Å². The monoisotopic (exact) mass is 336 g/mol. The van der Waals surface area contributed by atoms with Crippen LogP contribution in [0.4, 0.5) is 0 Å². The third-order valence-electron chi connectivity index (χ3n) is 4.67. The first-order chi connectivity index (χ1) is 11.3. The Balaban J connectivity index is 2.28. The molecule has 3 nitrogen and oxygen atoms in total. The van der Waals surface area contributed by atoms with Crippen molar-refractivity contribution in [2.24, 2.45) is 5.41 Å². The topological polar surface area (TPSA) is 30.7 Å². The predicted molar refractivity (Wildman–Crippen MR) is 101 cm³/mol. The van der Waals surface area contributed by atoms with Gasteiger partial charge in [-0.05, 0) is 59.3 Å². The van der Waals surface area contributed by atoms with Gasteiger partial charge in [-0.3, -0.25) is 0 Å². The van der Waals surface area contributed by atoms with Gasteiger partial charge in [-0.15, -0.1) is 0 Å². The van der Waals surface area contributed by atoms with Crippen LogP contribution in [0.5, 0.6) is 0 Å². The molecule has 0 aliphatic carbocycles. The Morgan fingerprint density at radius 3 is 2.38 bits per heavy atom. The van der Waals surface area contributed by atoms with Gasteiger partial charge in [0.1, 0.15) is 0 Å². The predicted octanol–water partition coefficient (Wildman–Crippen LogP) is 3.71. The number of carbonyl (C=O) groups is 1. The summed E-state index contributed by atoms with van der Waals surface area (Å²) in [5.74, 6) is -0.0377. The summed E-state index contributed by atoms with van der Waals surface area (Å²) in [7, 11) is 0. The SMILES string of the molecule is CC(C)=CCC/C(C)=C/CC(C)(C)COC(=O)C[NH+]1CCCCC1.